The first kappa shape index (κ1) is 17.8. The fourth-order valence-electron chi connectivity index (χ4n) is 1.68. The Morgan fingerprint density at radius 2 is 2.05 bits per heavy atom. The van der Waals surface area contributed by atoms with Gasteiger partial charge in [0.15, 0.2) is 0 Å². The molecule has 0 atom stereocenters. The monoisotopic (exact) mass is 320 g/mol. The summed E-state index contributed by atoms with van der Waals surface area (Å²) in [5.41, 5.74) is 0.523. The standard InChI is InChI=1S/C13H15F3N2O4/c1-18(8-11(19)17-6-12(20)21)7-9-3-2-4-10(5-9)22-13(14,15)16/h2-5H,6-8H2,1H3,(H,17,19)(H,20,21). The van der Waals surface area contributed by atoms with Crippen LogP contribution in [0.3, 0.4) is 0 Å². The Labute approximate surface area is 124 Å². The number of aliphatic carboxylic acids is 1. The van der Waals surface area contributed by atoms with Gasteiger partial charge in [-0.25, -0.2) is 0 Å². The molecule has 1 aromatic carbocycles. The van der Waals surface area contributed by atoms with Gasteiger partial charge in [-0.3, -0.25) is 14.5 Å². The highest BCUT2D eigenvalue weighted by Gasteiger charge is 2.31. The number of nitrogens with zero attached hydrogens (tertiary/aromatic N) is 1. The molecule has 22 heavy (non-hydrogen) atoms. The molecule has 0 radical (unpaired) electrons. The minimum Gasteiger partial charge on any atom is -0.480 e. The molecule has 0 aromatic heterocycles. The molecule has 6 nitrogen and oxygen atoms in total. The van der Waals surface area contributed by atoms with E-state index in [0.29, 0.717) is 5.56 Å². The summed E-state index contributed by atoms with van der Waals surface area (Å²) in [7, 11) is 1.58. The first-order valence-corrected chi connectivity index (χ1v) is 6.17. The van der Waals surface area contributed by atoms with Gasteiger partial charge in [-0.2, -0.15) is 0 Å². The van der Waals surface area contributed by atoms with E-state index in [9.17, 15) is 22.8 Å². The Hall–Kier alpha value is -2.29. The highest BCUT2D eigenvalue weighted by atomic mass is 19.4. The third kappa shape index (κ3) is 7.48. The Bertz CT molecular complexity index is 534. The molecule has 2 N–H and O–H groups in total. The van der Waals surface area contributed by atoms with E-state index in [4.69, 9.17) is 5.11 Å². The number of nitrogens with one attached hydrogen (secondary N) is 1. The number of hydrogen-bond donors (Lipinski definition) is 2. The quantitative estimate of drug-likeness (QED) is 0.790. The summed E-state index contributed by atoms with van der Waals surface area (Å²) in [6.07, 6.45) is -4.76. The minimum absolute atomic E-state index is 0.0857. The number of rotatable bonds is 7. The molecule has 0 aliphatic rings. The van der Waals surface area contributed by atoms with Crippen LogP contribution in [0.15, 0.2) is 24.3 Å². The molecule has 0 heterocycles. The molecule has 1 amide bonds. The highest BCUT2D eigenvalue weighted by molar-refractivity contribution is 5.82. The molecule has 9 heteroatoms. The van der Waals surface area contributed by atoms with Crippen LogP contribution in [0.1, 0.15) is 5.56 Å². The molecule has 1 rings (SSSR count). The SMILES string of the molecule is CN(CC(=O)NCC(=O)O)Cc1cccc(OC(F)(F)F)c1. The highest BCUT2D eigenvalue weighted by Crippen LogP contribution is 2.23. The van der Waals surface area contributed by atoms with Gasteiger partial charge >= 0.3 is 12.3 Å². The molecule has 0 saturated carbocycles. The first-order valence-electron chi connectivity index (χ1n) is 6.17. The van der Waals surface area contributed by atoms with Crippen LogP contribution < -0.4 is 10.1 Å². The van der Waals surface area contributed by atoms with Gasteiger partial charge < -0.3 is 15.2 Å². The van der Waals surface area contributed by atoms with Crippen LogP contribution in [0.2, 0.25) is 0 Å². The molecule has 0 spiro atoms. The van der Waals surface area contributed by atoms with Crippen molar-refractivity contribution in [2.45, 2.75) is 12.9 Å². The van der Waals surface area contributed by atoms with Crippen LogP contribution in [0.5, 0.6) is 5.75 Å². The number of ether oxygens (including phenoxy) is 1. The number of carboxylic acid groups (broad SMARTS) is 1. The second kappa shape index (κ2) is 7.64. The third-order valence-electron chi connectivity index (χ3n) is 2.43. The first-order chi connectivity index (χ1) is 10.2. The molecule has 0 aliphatic carbocycles. The van der Waals surface area contributed by atoms with Crippen molar-refractivity contribution in [1.29, 1.82) is 0 Å². The Balaban J connectivity index is 2.53. The lowest BCUT2D eigenvalue weighted by Crippen LogP contribution is -2.37. The number of alkyl halides is 3. The van der Waals surface area contributed by atoms with E-state index in [1.54, 1.807) is 13.1 Å². The van der Waals surface area contributed by atoms with Gasteiger partial charge in [0.1, 0.15) is 12.3 Å². The van der Waals surface area contributed by atoms with Gasteiger partial charge in [0, 0.05) is 6.54 Å². The molecule has 0 bridgehead atoms. The summed E-state index contributed by atoms with van der Waals surface area (Å²) < 4.78 is 40.2. The van der Waals surface area contributed by atoms with Crippen LogP contribution in [-0.4, -0.2) is 48.4 Å². The Kier molecular flexibility index (Phi) is 6.17. The van der Waals surface area contributed by atoms with Crippen LogP contribution >= 0.6 is 0 Å². The van der Waals surface area contributed by atoms with Crippen LogP contribution in [0.4, 0.5) is 13.2 Å². The lowest BCUT2D eigenvalue weighted by molar-refractivity contribution is -0.274. The topological polar surface area (TPSA) is 78.9 Å². The van der Waals surface area contributed by atoms with Crippen molar-refractivity contribution in [2.24, 2.45) is 0 Å². The smallest absolute Gasteiger partial charge is 0.480 e. The van der Waals surface area contributed by atoms with Crippen molar-refractivity contribution in [3.63, 3.8) is 0 Å². The molecule has 0 saturated heterocycles. The summed E-state index contributed by atoms with van der Waals surface area (Å²) in [6, 6.07) is 5.40. The predicted octanol–water partition coefficient (Wildman–Crippen LogP) is 1.22. The zero-order valence-corrected chi connectivity index (χ0v) is 11.7. The van der Waals surface area contributed by atoms with E-state index in [1.165, 1.54) is 23.1 Å². The fourth-order valence-corrected chi connectivity index (χ4v) is 1.68. The van der Waals surface area contributed by atoms with Crippen molar-refractivity contribution in [1.82, 2.24) is 10.2 Å². The average molecular weight is 320 g/mol. The summed E-state index contributed by atoms with van der Waals surface area (Å²) in [6.45, 7) is -0.366. The van der Waals surface area contributed by atoms with Crippen molar-refractivity contribution in [2.75, 3.05) is 20.1 Å². The number of carboxylic acids is 1. The number of amides is 1. The number of benzene rings is 1. The molecular formula is C13H15F3N2O4. The van der Waals surface area contributed by atoms with Crippen LogP contribution in [-0.2, 0) is 16.1 Å². The Morgan fingerprint density at radius 1 is 1.36 bits per heavy atom. The molecule has 122 valence electrons. The summed E-state index contributed by atoms with van der Waals surface area (Å²) >= 11 is 0. The normalized spacial score (nSPS) is 11.3. The van der Waals surface area contributed by atoms with Gasteiger partial charge in [-0.1, -0.05) is 12.1 Å². The molecule has 0 fully saturated rings. The number of carbonyl (C=O) groups is 2. The summed E-state index contributed by atoms with van der Waals surface area (Å²) in [5.74, 6) is -1.99. The van der Waals surface area contributed by atoms with Crippen molar-refractivity contribution < 1.29 is 32.6 Å². The fraction of sp³-hybridized carbons (Fsp3) is 0.385. The zero-order chi connectivity index (χ0) is 16.8. The second-order valence-electron chi connectivity index (χ2n) is 4.54. The second-order valence-corrected chi connectivity index (χ2v) is 4.54. The maximum atomic E-state index is 12.1. The number of carbonyl (C=O) groups excluding carboxylic acids is 1. The lowest BCUT2D eigenvalue weighted by atomic mass is 10.2. The van der Waals surface area contributed by atoms with E-state index >= 15 is 0 Å². The maximum absolute atomic E-state index is 12.1. The largest absolute Gasteiger partial charge is 0.573 e. The van der Waals surface area contributed by atoms with Crippen LogP contribution in [0, 0.1) is 0 Å². The van der Waals surface area contributed by atoms with E-state index in [2.05, 4.69) is 10.1 Å². The molecule has 0 aliphatic heterocycles. The summed E-state index contributed by atoms with van der Waals surface area (Å²) in [4.78, 5) is 23.2. The maximum Gasteiger partial charge on any atom is 0.573 e. The third-order valence-corrected chi connectivity index (χ3v) is 2.43. The number of halogens is 3. The van der Waals surface area contributed by atoms with Gasteiger partial charge in [0.05, 0.1) is 6.54 Å². The van der Waals surface area contributed by atoms with E-state index in [-0.39, 0.29) is 18.8 Å². The average Bonchev–Trinajstić information content (AvgIpc) is 2.34. The minimum atomic E-state index is -4.76. The van der Waals surface area contributed by atoms with E-state index in [1.807, 2.05) is 0 Å². The predicted molar refractivity (Wildman–Crippen MR) is 70.1 cm³/mol. The summed E-state index contributed by atoms with van der Waals surface area (Å²) in [5, 5.41) is 10.6. The Morgan fingerprint density at radius 3 is 2.64 bits per heavy atom. The van der Waals surface area contributed by atoms with Crippen molar-refractivity contribution >= 4 is 11.9 Å². The van der Waals surface area contributed by atoms with E-state index in [0.717, 1.165) is 0 Å². The van der Waals surface area contributed by atoms with E-state index < -0.39 is 24.8 Å². The van der Waals surface area contributed by atoms with Gasteiger partial charge in [0.25, 0.3) is 0 Å². The molecular weight excluding hydrogens is 305 g/mol. The van der Waals surface area contributed by atoms with Crippen LogP contribution in [0.25, 0.3) is 0 Å². The molecule has 1 aromatic rings. The number of hydrogen-bond acceptors (Lipinski definition) is 4. The van der Waals surface area contributed by atoms with Crippen molar-refractivity contribution in [3.05, 3.63) is 29.8 Å². The van der Waals surface area contributed by atoms with Gasteiger partial charge in [-0.15, -0.1) is 13.2 Å². The van der Waals surface area contributed by atoms with Crippen molar-refractivity contribution in [3.8, 4) is 5.75 Å². The van der Waals surface area contributed by atoms with Gasteiger partial charge in [0.2, 0.25) is 5.91 Å². The molecule has 0 unspecified atom stereocenters. The van der Waals surface area contributed by atoms with Gasteiger partial charge in [-0.05, 0) is 24.7 Å². The number of likely N-dealkylation sites (N-methyl/N-ethyl adjacent to an activating group) is 1. The lowest BCUT2D eigenvalue weighted by Gasteiger charge is -2.17. The zero-order valence-electron chi connectivity index (χ0n) is 11.7.